The third kappa shape index (κ3) is 3.64. The molecule has 1 aromatic rings. The average molecular weight is 411 g/mol. The lowest BCUT2D eigenvalue weighted by molar-refractivity contribution is -0.00976. The fourth-order valence-corrected chi connectivity index (χ4v) is 6.07. The standard InChI is InChI=1S/C20H25FO6S/c1-20(11-13-9-16(20)15-4-2-3-14(13)15)27-18-10-12(5-6-17(18)21)19(22)26-7-8-28(23,24)25/h5-6,10,13-16H,2-4,7-9,11H2,1H3,(H,23,24,25)/p-1. The zero-order chi connectivity index (χ0) is 20.1. The number of halogens is 1. The lowest BCUT2D eigenvalue weighted by Gasteiger charge is -2.40. The van der Waals surface area contributed by atoms with Crippen LogP contribution in [0.1, 0.15) is 49.4 Å². The van der Waals surface area contributed by atoms with Crippen molar-refractivity contribution in [3.8, 4) is 5.75 Å². The number of fused-ring (bicyclic) bond motifs is 5. The zero-order valence-electron chi connectivity index (χ0n) is 15.7. The topological polar surface area (TPSA) is 92.7 Å². The maximum absolute atomic E-state index is 14.4. The smallest absolute Gasteiger partial charge is 0.338 e. The number of carbonyl (C=O) groups is 1. The number of hydrogen-bond donors (Lipinski definition) is 0. The maximum atomic E-state index is 14.4. The summed E-state index contributed by atoms with van der Waals surface area (Å²) in [6.07, 6.45) is 5.78. The van der Waals surface area contributed by atoms with Crippen molar-refractivity contribution in [1.82, 2.24) is 0 Å². The van der Waals surface area contributed by atoms with E-state index in [0.29, 0.717) is 17.8 Å². The van der Waals surface area contributed by atoms with Crippen molar-refractivity contribution in [3.05, 3.63) is 29.6 Å². The first-order chi connectivity index (χ1) is 13.2. The fraction of sp³-hybridized carbons (Fsp3) is 0.650. The predicted octanol–water partition coefficient (Wildman–Crippen LogP) is 3.12. The molecule has 5 atom stereocenters. The number of carbonyl (C=O) groups excluding carboxylic acids is 1. The molecule has 5 unspecified atom stereocenters. The van der Waals surface area contributed by atoms with Crippen LogP contribution in [0, 0.1) is 29.5 Å². The van der Waals surface area contributed by atoms with Gasteiger partial charge in [0.05, 0.1) is 21.4 Å². The van der Waals surface area contributed by atoms with Gasteiger partial charge >= 0.3 is 5.97 Å². The Balaban J connectivity index is 1.47. The molecule has 3 aliphatic carbocycles. The highest BCUT2D eigenvalue weighted by molar-refractivity contribution is 7.85. The summed E-state index contributed by atoms with van der Waals surface area (Å²) in [5.74, 6) is 0.310. The molecule has 6 nitrogen and oxygen atoms in total. The number of rotatable bonds is 6. The lowest BCUT2D eigenvalue weighted by atomic mass is 9.73. The molecule has 4 rings (SSSR count). The Morgan fingerprint density at radius 2 is 2.07 bits per heavy atom. The quantitative estimate of drug-likeness (QED) is 0.527. The Bertz CT molecular complexity index is 885. The van der Waals surface area contributed by atoms with Crippen LogP contribution in [0.2, 0.25) is 0 Å². The summed E-state index contributed by atoms with van der Waals surface area (Å²) in [6.45, 7) is 1.50. The third-order valence-corrected chi connectivity index (χ3v) is 7.50. The van der Waals surface area contributed by atoms with Crippen molar-refractivity contribution in [3.63, 3.8) is 0 Å². The molecule has 0 heterocycles. The second kappa shape index (κ2) is 6.99. The van der Waals surface area contributed by atoms with Gasteiger partial charge in [0.25, 0.3) is 0 Å². The van der Waals surface area contributed by atoms with E-state index in [-0.39, 0.29) is 11.3 Å². The molecule has 0 spiro atoms. The van der Waals surface area contributed by atoms with Gasteiger partial charge in [-0.15, -0.1) is 0 Å². The summed E-state index contributed by atoms with van der Waals surface area (Å²) in [6, 6.07) is 3.70. The highest BCUT2D eigenvalue weighted by atomic mass is 32.2. The second-order valence-corrected chi connectivity index (χ2v) is 10.0. The highest BCUT2D eigenvalue weighted by Crippen LogP contribution is 2.63. The van der Waals surface area contributed by atoms with Crippen LogP contribution in [0.25, 0.3) is 0 Å². The molecule has 0 aromatic heterocycles. The van der Waals surface area contributed by atoms with Gasteiger partial charge in [-0.2, -0.15) is 0 Å². The van der Waals surface area contributed by atoms with Gasteiger partial charge in [-0.05, 0) is 68.6 Å². The number of benzene rings is 1. The fourth-order valence-electron chi connectivity index (χ4n) is 5.78. The second-order valence-electron chi connectivity index (χ2n) is 8.52. The highest BCUT2D eigenvalue weighted by Gasteiger charge is 2.60. The van der Waals surface area contributed by atoms with Crippen LogP contribution in [-0.4, -0.2) is 36.9 Å². The van der Waals surface area contributed by atoms with E-state index in [1.54, 1.807) is 0 Å². The van der Waals surface area contributed by atoms with E-state index in [9.17, 15) is 22.2 Å². The Morgan fingerprint density at radius 3 is 2.82 bits per heavy atom. The number of esters is 1. The van der Waals surface area contributed by atoms with Crippen molar-refractivity contribution in [1.29, 1.82) is 0 Å². The van der Waals surface area contributed by atoms with Gasteiger partial charge in [-0.1, -0.05) is 6.42 Å². The molecule has 28 heavy (non-hydrogen) atoms. The summed E-state index contributed by atoms with van der Waals surface area (Å²) >= 11 is 0. The van der Waals surface area contributed by atoms with Crippen LogP contribution >= 0.6 is 0 Å². The molecular formula is C20H24FO6S-. The third-order valence-electron chi connectivity index (χ3n) is 6.83. The molecule has 8 heteroatoms. The Kier molecular flexibility index (Phi) is 4.90. The number of ether oxygens (including phenoxy) is 2. The van der Waals surface area contributed by atoms with E-state index >= 15 is 0 Å². The molecule has 3 fully saturated rings. The molecule has 3 saturated carbocycles. The average Bonchev–Trinajstić information content (AvgIpc) is 3.27. The van der Waals surface area contributed by atoms with E-state index in [1.165, 1.54) is 31.4 Å². The lowest BCUT2D eigenvalue weighted by Crippen LogP contribution is -2.43. The van der Waals surface area contributed by atoms with Crippen LogP contribution in [0.15, 0.2) is 18.2 Å². The van der Waals surface area contributed by atoms with Crippen LogP contribution in [-0.2, 0) is 14.9 Å². The summed E-state index contributed by atoms with van der Waals surface area (Å²) in [5.41, 5.74) is -0.388. The van der Waals surface area contributed by atoms with Gasteiger partial charge in [-0.3, -0.25) is 0 Å². The van der Waals surface area contributed by atoms with Crippen molar-refractivity contribution in [2.24, 2.45) is 23.7 Å². The summed E-state index contributed by atoms with van der Waals surface area (Å²) < 4.78 is 57.1. The summed E-state index contributed by atoms with van der Waals surface area (Å²) in [4.78, 5) is 12.1. The van der Waals surface area contributed by atoms with Crippen LogP contribution in [0.3, 0.4) is 0 Å². The van der Waals surface area contributed by atoms with E-state index in [1.807, 2.05) is 6.92 Å². The minimum absolute atomic E-state index is 0.00972. The molecule has 2 bridgehead atoms. The number of hydrogen-bond acceptors (Lipinski definition) is 6. The molecule has 3 aliphatic rings. The molecule has 0 N–H and O–H groups in total. The first-order valence-electron chi connectivity index (χ1n) is 9.75. The molecule has 0 radical (unpaired) electrons. The van der Waals surface area contributed by atoms with Crippen LogP contribution < -0.4 is 4.74 Å². The van der Waals surface area contributed by atoms with Crippen molar-refractivity contribution < 1.29 is 31.6 Å². The van der Waals surface area contributed by atoms with Crippen molar-refractivity contribution in [2.45, 2.75) is 44.6 Å². The summed E-state index contributed by atoms with van der Waals surface area (Å²) in [7, 11) is -4.46. The molecule has 0 saturated heterocycles. The predicted molar refractivity (Wildman–Crippen MR) is 97.3 cm³/mol. The van der Waals surface area contributed by atoms with Gasteiger partial charge in [0, 0.05) is 5.92 Å². The van der Waals surface area contributed by atoms with Gasteiger partial charge in [0.15, 0.2) is 11.6 Å². The zero-order valence-corrected chi connectivity index (χ0v) is 16.5. The Labute approximate surface area is 164 Å². The van der Waals surface area contributed by atoms with Gasteiger partial charge in [0.2, 0.25) is 0 Å². The normalized spacial score (nSPS) is 33.7. The molecule has 154 valence electrons. The largest absolute Gasteiger partial charge is 0.748 e. The van der Waals surface area contributed by atoms with Crippen molar-refractivity contribution >= 4 is 16.1 Å². The minimum atomic E-state index is -4.46. The molecule has 0 amide bonds. The summed E-state index contributed by atoms with van der Waals surface area (Å²) in [5, 5.41) is 0. The van der Waals surface area contributed by atoms with E-state index in [2.05, 4.69) is 0 Å². The van der Waals surface area contributed by atoms with Gasteiger partial charge < -0.3 is 14.0 Å². The van der Waals surface area contributed by atoms with Crippen LogP contribution in [0.5, 0.6) is 5.75 Å². The van der Waals surface area contributed by atoms with Gasteiger partial charge in [0.1, 0.15) is 12.2 Å². The molecule has 1 aromatic carbocycles. The Morgan fingerprint density at radius 1 is 1.32 bits per heavy atom. The van der Waals surface area contributed by atoms with Gasteiger partial charge in [-0.25, -0.2) is 17.6 Å². The Hall–Kier alpha value is -1.67. The first-order valence-corrected chi connectivity index (χ1v) is 11.3. The minimum Gasteiger partial charge on any atom is -0.748 e. The maximum Gasteiger partial charge on any atom is 0.338 e. The van der Waals surface area contributed by atoms with E-state index in [0.717, 1.165) is 24.8 Å². The molecule has 0 aliphatic heterocycles. The van der Waals surface area contributed by atoms with Crippen molar-refractivity contribution in [2.75, 3.05) is 12.4 Å². The molecular weight excluding hydrogens is 387 g/mol. The SMILES string of the molecule is CC1(Oc2cc(C(=O)OCCS(=O)(=O)[O-])ccc2F)CC2CC1C1CCCC21. The first kappa shape index (κ1) is 19.6. The van der Waals surface area contributed by atoms with E-state index in [4.69, 9.17) is 9.47 Å². The van der Waals surface area contributed by atoms with E-state index < -0.39 is 39.9 Å². The monoisotopic (exact) mass is 411 g/mol. The van der Waals surface area contributed by atoms with Crippen LogP contribution in [0.4, 0.5) is 4.39 Å².